The van der Waals surface area contributed by atoms with Crippen molar-refractivity contribution in [2.24, 2.45) is 0 Å². The van der Waals surface area contributed by atoms with E-state index in [1.165, 1.54) is 66.8 Å². The average Bonchev–Trinajstić information content (AvgIpc) is 3.88. The van der Waals surface area contributed by atoms with Gasteiger partial charge in [-0.2, -0.15) is 24.3 Å². The van der Waals surface area contributed by atoms with Crippen molar-refractivity contribution in [3.05, 3.63) is 191 Å². The molecule has 12 rings (SSSR count). The number of pyridine rings is 1. The molecule has 8 aromatic rings. The van der Waals surface area contributed by atoms with Crippen molar-refractivity contribution in [3.63, 3.8) is 0 Å². The van der Waals surface area contributed by atoms with Gasteiger partial charge in [0, 0.05) is 56.0 Å². The number of aromatic nitrogens is 2. The first kappa shape index (κ1) is 40.9. The molecule has 0 spiro atoms. The number of fused-ring (bicyclic) bond motifs is 6. The Morgan fingerprint density at radius 2 is 1.21 bits per heavy atom. The van der Waals surface area contributed by atoms with Crippen LogP contribution >= 0.6 is 0 Å². The second-order valence-corrected chi connectivity index (χ2v) is 21.2. The van der Waals surface area contributed by atoms with Gasteiger partial charge in [-0.25, -0.2) is 4.98 Å². The number of quaternary nitrogens is 2. The van der Waals surface area contributed by atoms with Gasteiger partial charge >= 0.3 is 0 Å². The molecule has 1 aliphatic carbocycles. The summed E-state index contributed by atoms with van der Waals surface area (Å²) in [5.74, 6) is 0.907. The van der Waals surface area contributed by atoms with Gasteiger partial charge in [0.2, 0.25) is 0 Å². The van der Waals surface area contributed by atoms with Gasteiger partial charge in [0.05, 0.1) is 13.7 Å². The second kappa shape index (κ2) is 13.4. The molecule has 4 aliphatic rings. The zero-order valence-electron chi connectivity index (χ0n) is 37.6. The summed E-state index contributed by atoms with van der Waals surface area (Å²) >= 11 is 0. The molecule has 2 aromatic heterocycles. The molecule has 0 unspecified atom stereocenters. The van der Waals surface area contributed by atoms with Gasteiger partial charge in [-0.1, -0.05) is 141 Å². The van der Waals surface area contributed by atoms with Crippen LogP contribution in [0.4, 0.5) is 17.1 Å². The first-order valence-corrected chi connectivity index (χ1v) is 21.9. The summed E-state index contributed by atoms with van der Waals surface area (Å²) in [6.45, 7) is 24.3. The van der Waals surface area contributed by atoms with Gasteiger partial charge in [-0.15, -0.1) is 34.2 Å². The minimum atomic E-state index is -0.709. The van der Waals surface area contributed by atoms with E-state index < -0.39 is 5.41 Å². The maximum absolute atomic E-state index is 5.05. The fourth-order valence-electron chi connectivity index (χ4n) is 10.9. The molecule has 1 fully saturated rings. The average molecular weight is 991 g/mol. The fraction of sp³-hybridized carbons (Fsp3) is 0.263. The van der Waals surface area contributed by atoms with Gasteiger partial charge in [0.1, 0.15) is 5.82 Å². The molecule has 0 amide bonds. The molecule has 6 aromatic carbocycles. The molecule has 0 radical (unpaired) electrons. The zero-order valence-corrected chi connectivity index (χ0v) is 39.9. The van der Waals surface area contributed by atoms with E-state index >= 15 is 0 Å². The SMILES string of the molecule is CC(C)(C)c1cc(C2(c3[c-]c4c(cc3)c3ccccc3n4-c3cc(C(C)(C)C)ccn3)c3ccccc3-c3ccccc32)[c-]c([N@@+]23[CH-][N@@+](C)(C2)c2cc(C(C)(C)C)ccc23)c1.[Pt]. The molecule has 3 aliphatic heterocycles. The number of para-hydroxylation sites is 1. The maximum Gasteiger partial charge on any atom is 0.179 e. The largest absolute Gasteiger partial charge is 0.325 e. The van der Waals surface area contributed by atoms with E-state index in [9.17, 15) is 0 Å². The number of nitrogens with zero attached hydrogens (tertiary/aromatic N) is 4. The predicted octanol–water partition coefficient (Wildman–Crippen LogP) is 13.7. The molecule has 2 bridgehead atoms. The normalized spacial score (nSPS) is 19.8. The van der Waals surface area contributed by atoms with Crippen LogP contribution in [-0.2, 0) is 42.7 Å². The van der Waals surface area contributed by atoms with Crippen LogP contribution in [0.3, 0.4) is 0 Å². The summed E-state index contributed by atoms with van der Waals surface area (Å²) in [4.78, 5) is 5.05. The number of benzene rings is 6. The van der Waals surface area contributed by atoms with Crippen LogP contribution in [0.15, 0.2) is 134 Å². The molecule has 5 heterocycles. The van der Waals surface area contributed by atoms with Crippen molar-refractivity contribution in [1.29, 1.82) is 0 Å². The van der Waals surface area contributed by atoms with Gasteiger partial charge in [0.15, 0.2) is 18.0 Å². The summed E-state index contributed by atoms with van der Waals surface area (Å²) in [6, 6.07) is 56.6. The minimum absolute atomic E-state index is 0. The Bertz CT molecular complexity index is 3080. The van der Waals surface area contributed by atoms with Crippen LogP contribution in [0.1, 0.15) is 101 Å². The maximum atomic E-state index is 5.05. The van der Waals surface area contributed by atoms with E-state index in [0.717, 1.165) is 39.1 Å². The van der Waals surface area contributed by atoms with Crippen molar-refractivity contribution in [1.82, 2.24) is 18.5 Å². The second-order valence-electron chi connectivity index (χ2n) is 21.2. The van der Waals surface area contributed by atoms with E-state index in [0.29, 0.717) is 4.48 Å². The molecule has 4 nitrogen and oxygen atoms in total. The third-order valence-corrected chi connectivity index (χ3v) is 14.1. The molecule has 1 saturated heterocycles. The predicted molar refractivity (Wildman–Crippen MR) is 254 cm³/mol. The Morgan fingerprint density at radius 1 is 0.597 bits per heavy atom. The van der Waals surface area contributed by atoms with Crippen molar-refractivity contribution in [3.8, 4) is 16.9 Å². The first-order chi connectivity index (χ1) is 28.9. The Morgan fingerprint density at radius 3 is 1.87 bits per heavy atom. The van der Waals surface area contributed by atoms with E-state index in [4.69, 9.17) is 4.98 Å². The molecular weight excluding hydrogens is 936 g/mol. The summed E-state index contributed by atoms with van der Waals surface area (Å²) in [7, 11) is 2.36. The van der Waals surface area contributed by atoms with Gasteiger partial charge < -0.3 is 13.5 Å². The van der Waals surface area contributed by atoms with Crippen molar-refractivity contribution >= 4 is 38.9 Å². The topological polar surface area (TPSA) is 17.8 Å². The van der Waals surface area contributed by atoms with E-state index in [-0.39, 0.29) is 37.3 Å². The van der Waals surface area contributed by atoms with Crippen molar-refractivity contribution < 1.29 is 21.1 Å². The molecular formula is C57H55N4Pt-. The molecule has 314 valence electrons. The van der Waals surface area contributed by atoms with Crippen LogP contribution in [0.2, 0.25) is 0 Å². The van der Waals surface area contributed by atoms with Crippen molar-refractivity contribution in [2.45, 2.75) is 84.0 Å². The molecule has 5 heteroatoms. The van der Waals surface area contributed by atoms with Crippen LogP contribution in [0.25, 0.3) is 38.8 Å². The van der Waals surface area contributed by atoms with Crippen LogP contribution in [-0.4, -0.2) is 23.3 Å². The summed E-state index contributed by atoms with van der Waals surface area (Å²) in [5, 5.41) is 2.36. The van der Waals surface area contributed by atoms with Gasteiger partial charge in [0.25, 0.3) is 0 Å². The smallest absolute Gasteiger partial charge is 0.179 e. The minimum Gasteiger partial charge on any atom is -0.325 e. The zero-order chi connectivity index (χ0) is 42.5. The number of hydrogen-bond acceptors (Lipinski definition) is 1. The fourth-order valence-corrected chi connectivity index (χ4v) is 10.9. The summed E-state index contributed by atoms with van der Waals surface area (Å²) < 4.78 is 3.83. The van der Waals surface area contributed by atoms with E-state index in [1.807, 2.05) is 6.20 Å². The van der Waals surface area contributed by atoms with Gasteiger partial charge in [-0.05, 0) is 73.2 Å². The standard InChI is InChI=1S/C57H55N4.Pt/c1-54(2,3)37-24-26-51-52(33-37)60(10)35-61(51,36-60)42-30-40(56(7,8)9)29-41(31-42)57(47-20-14-11-17-43(47)44-18-12-15-21-48(44)57)39-23-25-46-45-19-13-16-22-49(45)59(50(46)32-39)53-34-38(27-28-58-53)55(4,5)6;/h11-30,33-35H,36H2,1-10H3;/q-1;/t60-,61+;/m0./s1. The molecule has 62 heavy (non-hydrogen) atoms. The van der Waals surface area contributed by atoms with Crippen molar-refractivity contribution in [2.75, 3.05) is 13.7 Å². The Balaban J connectivity index is 0.00000458. The van der Waals surface area contributed by atoms with Crippen LogP contribution in [0, 0.1) is 18.8 Å². The Hall–Kier alpha value is -5.12. The molecule has 2 atom stereocenters. The quantitative estimate of drug-likeness (QED) is 0.127. The van der Waals surface area contributed by atoms with E-state index in [1.54, 1.807) is 0 Å². The monoisotopic (exact) mass is 990 g/mol. The Kier molecular flexibility index (Phi) is 8.87. The third kappa shape index (κ3) is 5.65. The molecule has 0 saturated carbocycles. The summed E-state index contributed by atoms with van der Waals surface area (Å²) in [5.41, 5.74) is 16.5. The Labute approximate surface area is 382 Å². The van der Waals surface area contributed by atoms with Gasteiger partial charge in [-0.3, -0.25) is 0 Å². The number of hydrogen-bond donors (Lipinski definition) is 0. The first-order valence-electron chi connectivity index (χ1n) is 21.9. The number of rotatable bonds is 4. The van der Waals surface area contributed by atoms with Crippen LogP contribution < -0.4 is 8.97 Å². The van der Waals surface area contributed by atoms with E-state index in [2.05, 4.69) is 220 Å². The van der Waals surface area contributed by atoms with Crippen LogP contribution in [0.5, 0.6) is 0 Å². The third-order valence-electron chi connectivity index (χ3n) is 14.1. The molecule has 0 N–H and O–H groups in total. The summed E-state index contributed by atoms with van der Waals surface area (Å²) in [6.07, 6.45) is 1.96.